The molecular formula is C35H42F3N5O5S. The van der Waals surface area contributed by atoms with Crippen molar-refractivity contribution in [1.82, 2.24) is 15.6 Å². The molecule has 1 aliphatic rings. The maximum absolute atomic E-state index is 13.8. The van der Waals surface area contributed by atoms with Gasteiger partial charge in [-0.15, -0.1) is 6.42 Å². The SMILES string of the molecule is C#Cc1cccc(OC[C@H](NC(=O)c2cc(NC[C@H]3C[C@@H]3C)nc(N(C)S(=O)(=O)C(C)C)c2)[C@H](O)CNCc2cccc(C(F)(F)F)c2)c1. The summed E-state index contributed by atoms with van der Waals surface area (Å²) >= 11 is 0. The number of rotatable bonds is 16. The van der Waals surface area contributed by atoms with Gasteiger partial charge >= 0.3 is 6.18 Å². The van der Waals surface area contributed by atoms with Crippen LogP contribution in [0.15, 0.2) is 60.7 Å². The number of hydrogen-bond acceptors (Lipinski definition) is 8. The molecule has 0 aliphatic heterocycles. The molecule has 1 fully saturated rings. The van der Waals surface area contributed by atoms with Crippen LogP contribution in [0, 0.1) is 24.2 Å². The summed E-state index contributed by atoms with van der Waals surface area (Å²) in [6.07, 6.45) is 0.796. The molecule has 1 aliphatic carbocycles. The number of ether oxygens (including phenoxy) is 1. The summed E-state index contributed by atoms with van der Waals surface area (Å²) < 4.78 is 72.4. The number of terminal acetylenes is 1. The van der Waals surface area contributed by atoms with Gasteiger partial charge in [-0.1, -0.05) is 37.1 Å². The van der Waals surface area contributed by atoms with Crippen LogP contribution in [0.5, 0.6) is 5.75 Å². The predicted molar refractivity (Wildman–Crippen MR) is 183 cm³/mol. The van der Waals surface area contributed by atoms with Gasteiger partial charge in [-0.05, 0) is 74.1 Å². The number of carbonyl (C=O) groups is 1. The Labute approximate surface area is 285 Å². The van der Waals surface area contributed by atoms with Crippen molar-refractivity contribution in [1.29, 1.82) is 0 Å². The van der Waals surface area contributed by atoms with Crippen molar-refractivity contribution < 1.29 is 36.2 Å². The fraction of sp³-hybridized carbons (Fsp3) is 0.429. The lowest BCUT2D eigenvalue weighted by Gasteiger charge is -2.26. The lowest BCUT2D eigenvalue weighted by Crippen LogP contribution is -2.50. The second-order valence-corrected chi connectivity index (χ2v) is 15.0. The van der Waals surface area contributed by atoms with Gasteiger partial charge in [0.2, 0.25) is 10.0 Å². The summed E-state index contributed by atoms with van der Waals surface area (Å²) in [5.41, 5.74) is 0.219. The highest BCUT2D eigenvalue weighted by Gasteiger charge is 2.33. The van der Waals surface area contributed by atoms with Gasteiger partial charge in [-0.3, -0.25) is 9.10 Å². The number of nitrogens with zero attached hydrogens (tertiary/aromatic N) is 2. The van der Waals surface area contributed by atoms with E-state index in [9.17, 15) is 31.5 Å². The molecule has 1 saturated carbocycles. The van der Waals surface area contributed by atoms with E-state index in [2.05, 4.69) is 33.8 Å². The van der Waals surface area contributed by atoms with Gasteiger partial charge in [0.15, 0.2) is 0 Å². The Morgan fingerprint density at radius 1 is 1.16 bits per heavy atom. The molecule has 14 heteroatoms. The first kappa shape index (κ1) is 37.5. The first-order chi connectivity index (χ1) is 23.1. The van der Waals surface area contributed by atoms with Crippen molar-refractivity contribution in [3.63, 3.8) is 0 Å². The van der Waals surface area contributed by atoms with Crippen LogP contribution in [0.2, 0.25) is 0 Å². The van der Waals surface area contributed by atoms with Crippen LogP contribution in [0.1, 0.15) is 54.2 Å². The number of amides is 1. The lowest BCUT2D eigenvalue weighted by molar-refractivity contribution is -0.137. The highest BCUT2D eigenvalue weighted by atomic mass is 32.2. The minimum atomic E-state index is -4.49. The summed E-state index contributed by atoms with van der Waals surface area (Å²) in [5, 5.41) is 19.4. The van der Waals surface area contributed by atoms with E-state index in [1.54, 1.807) is 38.1 Å². The Bertz CT molecular complexity index is 1760. The minimum absolute atomic E-state index is 0.0196. The molecule has 3 aromatic rings. The Morgan fingerprint density at radius 2 is 1.88 bits per heavy atom. The molecule has 0 bridgehead atoms. The quantitative estimate of drug-likeness (QED) is 0.159. The molecule has 1 heterocycles. The van der Waals surface area contributed by atoms with Gasteiger partial charge in [0.1, 0.15) is 24.0 Å². The van der Waals surface area contributed by atoms with Crippen molar-refractivity contribution >= 4 is 27.6 Å². The van der Waals surface area contributed by atoms with E-state index in [0.717, 1.165) is 22.9 Å². The van der Waals surface area contributed by atoms with Gasteiger partial charge in [0.25, 0.3) is 5.91 Å². The van der Waals surface area contributed by atoms with Crippen LogP contribution in [-0.4, -0.2) is 68.6 Å². The minimum Gasteiger partial charge on any atom is -0.491 e. The average Bonchev–Trinajstić information content (AvgIpc) is 3.79. The first-order valence-electron chi connectivity index (χ1n) is 15.9. The molecule has 0 saturated heterocycles. The lowest BCUT2D eigenvalue weighted by atomic mass is 10.1. The first-order valence-corrected chi connectivity index (χ1v) is 17.4. The molecule has 2 aromatic carbocycles. The summed E-state index contributed by atoms with van der Waals surface area (Å²) in [7, 11) is -2.41. The summed E-state index contributed by atoms with van der Waals surface area (Å²) in [4.78, 5) is 18.2. The summed E-state index contributed by atoms with van der Waals surface area (Å²) in [6.45, 7) is 5.52. The molecule has 49 heavy (non-hydrogen) atoms. The number of nitrogens with one attached hydrogen (secondary N) is 3. The van der Waals surface area contributed by atoms with Crippen LogP contribution < -0.4 is 25.0 Å². The number of aliphatic hydroxyl groups excluding tert-OH is 1. The number of carbonyl (C=O) groups excluding carboxylic acids is 1. The van der Waals surface area contributed by atoms with E-state index >= 15 is 0 Å². The molecule has 10 nitrogen and oxygen atoms in total. The van der Waals surface area contributed by atoms with E-state index in [-0.39, 0.29) is 31.1 Å². The smallest absolute Gasteiger partial charge is 0.416 e. The van der Waals surface area contributed by atoms with Crippen LogP contribution in [-0.2, 0) is 22.7 Å². The maximum Gasteiger partial charge on any atom is 0.416 e. The second-order valence-electron chi connectivity index (χ2n) is 12.5. The van der Waals surface area contributed by atoms with E-state index < -0.39 is 45.1 Å². The van der Waals surface area contributed by atoms with Crippen molar-refractivity contribution in [3.05, 3.63) is 82.9 Å². The van der Waals surface area contributed by atoms with Crippen LogP contribution in [0.3, 0.4) is 0 Å². The molecule has 1 amide bonds. The summed E-state index contributed by atoms with van der Waals surface area (Å²) in [6, 6.07) is 13.4. The van der Waals surface area contributed by atoms with Crippen LogP contribution in [0.25, 0.3) is 0 Å². The molecule has 1 aromatic heterocycles. The molecular weight excluding hydrogens is 659 g/mol. The number of alkyl halides is 3. The Balaban J connectivity index is 1.55. The maximum atomic E-state index is 13.8. The molecule has 264 valence electrons. The molecule has 0 radical (unpaired) electrons. The fourth-order valence-corrected chi connectivity index (χ4v) is 5.98. The van der Waals surface area contributed by atoms with Crippen molar-refractivity contribution in [2.45, 2.75) is 57.3 Å². The number of aromatic nitrogens is 1. The number of anilines is 2. The number of hydrogen-bond donors (Lipinski definition) is 4. The number of aliphatic hydroxyl groups is 1. The van der Waals surface area contributed by atoms with E-state index in [1.165, 1.54) is 31.3 Å². The van der Waals surface area contributed by atoms with Crippen LogP contribution >= 0.6 is 0 Å². The third-order valence-electron chi connectivity index (χ3n) is 8.34. The number of pyridine rings is 1. The number of halogens is 3. The molecule has 4 rings (SSSR count). The zero-order valence-electron chi connectivity index (χ0n) is 27.8. The van der Waals surface area contributed by atoms with Crippen molar-refractivity contribution in [2.75, 3.05) is 36.4 Å². The molecule has 4 atom stereocenters. The highest BCUT2D eigenvalue weighted by molar-refractivity contribution is 7.93. The fourth-order valence-electron chi connectivity index (χ4n) is 4.99. The average molecular weight is 702 g/mol. The van der Waals surface area contributed by atoms with Gasteiger partial charge in [-0.25, -0.2) is 13.4 Å². The van der Waals surface area contributed by atoms with Gasteiger partial charge in [-0.2, -0.15) is 13.2 Å². The monoisotopic (exact) mass is 701 g/mol. The highest BCUT2D eigenvalue weighted by Crippen LogP contribution is 2.37. The Hall–Kier alpha value is -4.32. The Morgan fingerprint density at radius 3 is 2.53 bits per heavy atom. The van der Waals surface area contributed by atoms with Crippen molar-refractivity contribution in [3.8, 4) is 18.1 Å². The topological polar surface area (TPSA) is 133 Å². The van der Waals surface area contributed by atoms with Gasteiger partial charge in [0.05, 0.1) is 23.0 Å². The second kappa shape index (κ2) is 15.9. The zero-order chi connectivity index (χ0) is 35.9. The predicted octanol–water partition coefficient (Wildman–Crippen LogP) is 4.65. The Kier molecular flexibility index (Phi) is 12.2. The van der Waals surface area contributed by atoms with Crippen molar-refractivity contribution in [2.24, 2.45) is 11.8 Å². The third-order valence-corrected chi connectivity index (χ3v) is 10.5. The van der Waals surface area contributed by atoms with Gasteiger partial charge < -0.3 is 25.8 Å². The third kappa shape index (κ3) is 10.3. The number of sulfonamides is 1. The largest absolute Gasteiger partial charge is 0.491 e. The standard InChI is InChI=1S/C35H42F3N5O5S/c1-6-24-9-8-12-29(15-24)48-21-30(31(44)20-39-18-25-10-7-11-28(14-25)35(36,37)38)41-34(45)26-16-32(40-19-27-13-23(27)4)42-33(17-26)43(5)49(46,47)22(2)3/h1,7-12,14-17,22-23,27,30-31,39,44H,13,18-21H2,2-5H3,(H,40,42)(H,41,45)/t23-,27+,30-,31+/m0/s1. The van der Waals surface area contributed by atoms with Gasteiger partial charge in [0, 0.05) is 37.8 Å². The number of benzene rings is 2. The zero-order valence-corrected chi connectivity index (χ0v) is 28.6. The molecule has 0 unspecified atom stereocenters. The van der Waals surface area contributed by atoms with E-state index in [4.69, 9.17) is 11.2 Å². The normalized spacial score (nSPS) is 17.1. The molecule has 0 spiro atoms. The van der Waals surface area contributed by atoms with E-state index in [0.29, 0.717) is 41.1 Å². The van der Waals surface area contributed by atoms with Crippen LogP contribution in [0.4, 0.5) is 24.8 Å². The molecule has 4 N–H and O–H groups in total. The van der Waals surface area contributed by atoms with E-state index in [1.807, 2.05) is 0 Å². The summed E-state index contributed by atoms with van der Waals surface area (Å²) in [5.74, 6) is 3.61.